The fraction of sp³-hybridized carbons (Fsp3) is 0.200. The molecular formula is C50H51LiN10O3. The van der Waals surface area contributed by atoms with E-state index in [2.05, 4.69) is 83.7 Å². The molecule has 4 heterocycles. The number of carbonyl (C=O) groups is 2. The first kappa shape index (κ1) is 45.2. The zero-order chi connectivity index (χ0) is 43.7. The van der Waals surface area contributed by atoms with Gasteiger partial charge in [-0.1, -0.05) is 91.0 Å². The van der Waals surface area contributed by atoms with Gasteiger partial charge >= 0.3 is 18.9 Å². The van der Waals surface area contributed by atoms with E-state index < -0.39 is 5.97 Å². The molecule has 0 radical (unpaired) electrons. The molecule has 0 saturated carbocycles. The minimum atomic E-state index is -1.16. The van der Waals surface area contributed by atoms with Crippen molar-refractivity contribution in [2.75, 3.05) is 87.3 Å². The summed E-state index contributed by atoms with van der Waals surface area (Å²) in [5.74, 6) is 0.462. The van der Waals surface area contributed by atoms with Crippen LogP contribution in [0.5, 0.6) is 0 Å². The number of aromatic amines is 2. The number of carboxylic acids is 1. The molecule has 10 rings (SSSR count). The molecule has 2 saturated heterocycles. The number of likely N-dealkylation sites (N-methyl/N-ethyl adjacent to an activating group) is 2. The number of carbonyl (C=O) groups excluding carboxylic acids is 2. The molecule has 6 aromatic carbocycles. The summed E-state index contributed by atoms with van der Waals surface area (Å²) in [7, 11) is 4.23. The monoisotopic (exact) mass is 846 g/mol. The predicted octanol–water partition coefficient (Wildman–Crippen LogP) is 3.85. The van der Waals surface area contributed by atoms with Crippen molar-refractivity contribution in [2.24, 2.45) is 0 Å². The van der Waals surface area contributed by atoms with Crippen LogP contribution in [0, 0.1) is 0 Å². The fourth-order valence-corrected chi connectivity index (χ4v) is 7.67. The van der Waals surface area contributed by atoms with Gasteiger partial charge in [0.25, 0.3) is 5.91 Å². The summed E-state index contributed by atoms with van der Waals surface area (Å²) < 4.78 is 0. The molecule has 5 N–H and O–H groups in total. The van der Waals surface area contributed by atoms with E-state index in [1.54, 1.807) is 12.1 Å². The summed E-state index contributed by atoms with van der Waals surface area (Å²) in [5.41, 5.74) is 14.5. The molecule has 13 nitrogen and oxygen atoms in total. The average Bonchev–Trinajstić information content (AvgIpc) is 3.95. The van der Waals surface area contributed by atoms with Gasteiger partial charge in [0.05, 0.1) is 17.0 Å². The minimum absolute atomic E-state index is 0. The van der Waals surface area contributed by atoms with Gasteiger partial charge in [-0.2, -0.15) is 10.2 Å². The van der Waals surface area contributed by atoms with Gasteiger partial charge in [0, 0.05) is 80.1 Å². The van der Waals surface area contributed by atoms with Crippen LogP contribution in [-0.4, -0.2) is 109 Å². The molecule has 0 spiro atoms. The van der Waals surface area contributed by atoms with Crippen LogP contribution in [0.1, 0.15) is 20.7 Å². The van der Waals surface area contributed by atoms with Crippen molar-refractivity contribution in [3.63, 3.8) is 0 Å². The predicted molar refractivity (Wildman–Crippen MR) is 252 cm³/mol. The van der Waals surface area contributed by atoms with Gasteiger partial charge in [0.15, 0.2) is 11.6 Å². The number of benzene rings is 6. The number of rotatable bonds is 7. The minimum Gasteiger partial charge on any atom is -0.545 e. The van der Waals surface area contributed by atoms with Crippen LogP contribution in [0.4, 0.5) is 23.0 Å². The van der Waals surface area contributed by atoms with Gasteiger partial charge in [0.2, 0.25) is 0 Å². The Morgan fingerprint density at radius 2 is 0.953 bits per heavy atom. The quantitative estimate of drug-likeness (QED) is 0.137. The Labute approximate surface area is 385 Å². The van der Waals surface area contributed by atoms with Crippen molar-refractivity contribution in [1.29, 1.82) is 0 Å². The van der Waals surface area contributed by atoms with E-state index in [0.29, 0.717) is 5.56 Å². The van der Waals surface area contributed by atoms with Gasteiger partial charge < -0.3 is 40.6 Å². The van der Waals surface area contributed by atoms with E-state index in [9.17, 15) is 14.7 Å². The van der Waals surface area contributed by atoms with Crippen molar-refractivity contribution >= 4 is 56.7 Å². The molecule has 0 aliphatic carbocycles. The Kier molecular flexibility index (Phi) is 14.8. The maximum absolute atomic E-state index is 12.9. The third-order valence-corrected chi connectivity index (χ3v) is 11.5. The first-order valence-electron chi connectivity index (χ1n) is 21.1. The smallest absolute Gasteiger partial charge is 0.545 e. The number of carboxylic acid groups (broad SMARTS) is 1. The molecule has 0 atom stereocenters. The standard InChI is InChI=1S/C25H25N5O.C13H16N4O2.C12H11N.Li/c1-29-13-15-30(16-14-29)24-22-17-20(9-12-23(22)27-28-24)25(31)26-21-10-7-19(8-11-21)18-5-3-2-4-6-18;1-16-4-6-17(7-5-16)12-10-8-9(13(18)19)2-3-11(10)14-15-12;13-12-8-6-11(7-9-12)10-4-2-1-3-5-10;/h2-12,17H,13-16H2,1H3,(H,26,31)(H,27,28);2-3,8H,4-7H2,1H3,(H,14,15)(H,18,19);1-9H,13H2;/q;;;+1/p-1. The van der Waals surface area contributed by atoms with Gasteiger partial charge in [-0.15, -0.1) is 0 Å². The summed E-state index contributed by atoms with van der Waals surface area (Å²) in [5, 5.41) is 30.6. The molecule has 2 fully saturated rings. The van der Waals surface area contributed by atoms with E-state index in [1.807, 2.05) is 103 Å². The zero-order valence-corrected chi connectivity index (χ0v) is 36.5. The molecule has 2 aliphatic heterocycles. The van der Waals surface area contributed by atoms with Gasteiger partial charge in [-0.25, -0.2) is 0 Å². The number of nitrogens with two attached hydrogens (primary N) is 1. The molecular weight excluding hydrogens is 796 g/mol. The second-order valence-corrected chi connectivity index (χ2v) is 15.9. The van der Waals surface area contributed by atoms with E-state index in [0.717, 1.165) is 108 Å². The molecule has 64 heavy (non-hydrogen) atoms. The summed E-state index contributed by atoms with van der Waals surface area (Å²) in [6.45, 7) is 7.63. The van der Waals surface area contributed by atoms with Crippen molar-refractivity contribution < 1.29 is 33.6 Å². The van der Waals surface area contributed by atoms with Crippen molar-refractivity contribution in [3.8, 4) is 22.3 Å². The van der Waals surface area contributed by atoms with Gasteiger partial charge in [0.1, 0.15) is 0 Å². The van der Waals surface area contributed by atoms with Crippen LogP contribution in [0.25, 0.3) is 44.1 Å². The number of nitrogens with zero attached hydrogens (tertiary/aromatic N) is 6. The number of aromatic carboxylic acids is 1. The molecule has 14 heteroatoms. The molecule has 8 aromatic rings. The summed E-state index contributed by atoms with van der Waals surface area (Å²) in [6.07, 6.45) is 0. The number of hydrogen-bond acceptors (Lipinski definition) is 10. The Balaban J connectivity index is 0.000000158. The number of amides is 1. The van der Waals surface area contributed by atoms with E-state index in [-0.39, 0.29) is 30.3 Å². The second kappa shape index (κ2) is 21.0. The molecule has 320 valence electrons. The number of H-pyrrole nitrogens is 2. The van der Waals surface area contributed by atoms with Crippen LogP contribution >= 0.6 is 0 Å². The normalized spacial score (nSPS) is 14.2. The number of anilines is 4. The molecule has 2 aromatic heterocycles. The van der Waals surface area contributed by atoms with E-state index in [4.69, 9.17) is 5.73 Å². The maximum atomic E-state index is 12.9. The van der Waals surface area contributed by atoms with Crippen LogP contribution in [0.15, 0.2) is 146 Å². The number of nitrogens with one attached hydrogen (secondary N) is 3. The fourth-order valence-electron chi connectivity index (χ4n) is 7.67. The molecule has 1 amide bonds. The largest absolute Gasteiger partial charge is 1.00 e. The van der Waals surface area contributed by atoms with Gasteiger partial charge in [-0.3, -0.25) is 15.0 Å². The average molecular weight is 847 g/mol. The molecule has 0 unspecified atom stereocenters. The van der Waals surface area contributed by atoms with Crippen LogP contribution in [-0.2, 0) is 0 Å². The summed E-state index contributed by atoms with van der Waals surface area (Å²) in [4.78, 5) is 32.9. The topological polar surface area (TPSA) is 166 Å². The number of aromatic nitrogens is 4. The first-order valence-corrected chi connectivity index (χ1v) is 21.1. The molecule has 2 aliphatic rings. The molecule has 0 bridgehead atoms. The first-order chi connectivity index (χ1) is 30.7. The van der Waals surface area contributed by atoms with Crippen molar-refractivity contribution in [1.82, 2.24) is 30.2 Å². The summed E-state index contributed by atoms with van der Waals surface area (Å²) in [6, 6.07) is 46.9. The number of fused-ring (bicyclic) bond motifs is 2. The third-order valence-electron chi connectivity index (χ3n) is 11.5. The van der Waals surface area contributed by atoms with Crippen molar-refractivity contribution in [2.45, 2.75) is 0 Å². The van der Waals surface area contributed by atoms with Crippen molar-refractivity contribution in [3.05, 3.63) is 157 Å². The number of nitrogen functional groups attached to an aromatic ring is 1. The van der Waals surface area contributed by atoms with E-state index in [1.165, 1.54) is 17.2 Å². The Bertz CT molecular complexity index is 2760. The van der Waals surface area contributed by atoms with Crippen LogP contribution < -0.4 is 44.8 Å². The maximum Gasteiger partial charge on any atom is 1.00 e. The third kappa shape index (κ3) is 11.0. The van der Waals surface area contributed by atoms with Crippen LogP contribution in [0.3, 0.4) is 0 Å². The van der Waals surface area contributed by atoms with Gasteiger partial charge in [-0.05, 0) is 96.5 Å². The van der Waals surface area contributed by atoms with Crippen LogP contribution in [0.2, 0.25) is 0 Å². The Morgan fingerprint density at radius 1 is 0.547 bits per heavy atom. The van der Waals surface area contributed by atoms with E-state index >= 15 is 0 Å². The number of hydrogen-bond donors (Lipinski definition) is 4. The zero-order valence-electron chi connectivity index (χ0n) is 36.5. The number of piperazine rings is 2. The Morgan fingerprint density at radius 3 is 1.41 bits per heavy atom. The summed E-state index contributed by atoms with van der Waals surface area (Å²) >= 11 is 0. The SMILES string of the molecule is CN1CCN(c2n[nH]c3ccc(C(=O)Nc4ccc(-c5ccccc5)cc4)cc23)CC1.CN1CCN(c2n[nH]c3ccc(C(=O)[O-])cc23)CC1.Nc1ccc(-c2ccccc2)cc1.[Li+]. The second-order valence-electron chi connectivity index (χ2n) is 15.9. The Hall–Kier alpha value is -6.88.